The molecule has 0 saturated carbocycles. The number of hydrogen-bond donors (Lipinski definition) is 0. The van der Waals surface area contributed by atoms with Crippen molar-refractivity contribution in [2.75, 3.05) is 4.90 Å². The lowest BCUT2D eigenvalue weighted by Gasteiger charge is -2.32. The Bertz CT molecular complexity index is 1510. The van der Waals surface area contributed by atoms with Gasteiger partial charge in [-0.1, -0.05) is 60.7 Å². The largest absolute Gasteiger partial charge is 0.494 e. The van der Waals surface area contributed by atoms with E-state index in [1.165, 1.54) is 0 Å². The predicted octanol–water partition coefficient (Wildman–Crippen LogP) is 7.36. The molecule has 0 N–H and O–H groups in total. The maximum atomic E-state index is 6.40. The van der Waals surface area contributed by atoms with Gasteiger partial charge in [0, 0.05) is 22.1 Å². The Balaban J connectivity index is 1.52. The molecule has 4 aromatic carbocycles. The third-order valence-electron chi connectivity index (χ3n) is 7.29. The Morgan fingerprint density at radius 1 is 0.629 bits per heavy atom. The summed E-state index contributed by atoms with van der Waals surface area (Å²) in [5, 5.41) is 2.21. The zero-order chi connectivity index (χ0) is 24.2. The highest BCUT2D eigenvalue weighted by Crippen LogP contribution is 2.42. The van der Waals surface area contributed by atoms with Crippen LogP contribution in [0.15, 0.2) is 101 Å². The number of fused-ring (bicyclic) bond motifs is 3. The molecule has 35 heavy (non-hydrogen) atoms. The van der Waals surface area contributed by atoms with Crippen molar-refractivity contribution in [2.24, 2.45) is 0 Å². The fourth-order valence-electron chi connectivity index (χ4n) is 4.70. The highest BCUT2D eigenvalue weighted by molar-refractivity contribution is 6.62. The molecule has 0 amide bonds. The second kappa shape index (κ2) is 8.01. The van der Waals surface area contributed by atoms with E-state index < -0.39 is 18.3 Å². The van der Waals surface area contributed by atoms with Crippen LogP contribution in [-0.2, 0) is 9.31 Å². The van der Waals surface area contributed by atoms with Gasteiger partial charge in [-0.15, -0.1) is 0 Å². The Hall–Kier alpha value is -3.54. The third-order valence-corrected chi connectivity index (χ3v) is 7.29. The maximum absolute atomic E-state index is 6.40. The molecule has 5 heteroatoms. The number of anilines is 3. The zero-order valence-corrected chi connectivity index (χ0v) is 20.5. The molecule has 1 aliphatic rings. The average Bonchev–Trinajstić information content (AvgIpc) is 3.34. The molecule has 174 valence electrons. The molecule has 1 saturated heterocycles. The van der Waals surface area contributed by atoms with Crippen LogP contribution in [0.3, 0.4) is 0 Å². The predicted molar refractivity (Wildman–Crippen MR) is 144 cm³/mol. The van der Waals surface area contributed by atoms with E-state index in [9.17, 15) is 0 Å². The number of nitrogens with zero attached hydrogens (tertiary/aromatic N) is 1. The molecule has 1 aliphatic heterocycles. The first-order chi connectivity index (χ1) is 16.8. The van der Waals surface area contributed by atoms with E-state index in [0.717, 1.165) is 44.5 Å². The fourth-order valence-corrected chi connectivity index (χ4v) is 4.70. The smallest absolute Gasteiger partial charge is 0.454 e. The minimum atomic E-state index is -0.431. The Morgan fingerprint density at radius 3 is 2.03 bits per heavy atom. The van der Waals surface area contributed by atoms with Gasteiger partial charge in [-0.05, 0) is 69.6 Å². The molecule has 6 rings (SSSR count). The van der Waals surface area contributed by atoms with E-state index >= 15 is 0 Å². The molecule has 1 aromatic heterocycles. The van der Waals surface area contributed by atoms with Crippen LogP contribution < -0.4 is 10.4 Å². The SMILES string of the molecule is CC1(C)OB(c2cccc(N(c3ccccc3)c3cccc4c3oc3ccccc34)c2)OC1(C)C. The minimum Gasteiger partial charge on any atom is -0.454 e. The summed E-state index contributed by atoms with van der Waals surface area (Å²) in [5.41, 5.74) is 4.98. The summed E-state index contributed by atoms with van der Waals surface area (Å²) in [7, 11) is -0.431. The second-order valence-corrected chi connectivity index (χ2v) is 10.1. The van der Waals surface area contributed by atoms with Crippen LogP contribution in [-0.4, -0.2) is 18.3 Å². The van der Waals surface area contributed by atoms with Gasteiger partial charge in [-0.3, -0.25) is 0 Å². The normalized spacial score (nSPS) is 16.7. The molecule has 4 nitrogen and oxygen atoms in total. The van der Waals surface area contributed by atoms with Crippen molar-refractivity contribution in [1.29, 1.82) is 0 Å². The molecule has 1 fully saturated rings. The first-order valence-electron chi connectivity index (χ1n) is 12.1. The standard InChI is InChI=1S/C30H28BNO3/c1-29(2)30(3,4)35-31(34-29)21-12-10-15-23(20-21)32(22-13-6-5-7-14-22)26-18-11-17-25-24-16-8-9-19-27(24)33-28(25)26/h5-20H,1-4H3. The molecule has 0 unspecified atom stereocenters. The maximum Gasteiger partial charge on any atom is 0.494 e. The second-order valence-electron chi connectivity index (χ2n) is 10.1. The summed E-state index contributed by atoms with van der Waals surface area (Å²) in [6, 6.07) is 33.3. The topological polar surface area (TPSA) is 34.8 Å². The highest BCUT2D eigenvalue weighted by Gasteiger charge is 2.51. The van der Waals surface area contributed by atoms with Crippen LogP contribution in [0.1, 0.15) is 27.7 Å². The number of benzene rings is 4. The van der Waals surface area contributed by atoms with Crippen LogP contribution >= 0.6 is 0 Å². The Labute approximate surface area is 206 Å². The third kappa shape index (κ3) is 3.63. The van der Waals surface area contributed by atoms with Crippen LogP contribution in [0.2, 0.25) is 0 Å². The molecule has 0 bridgehead atoms. The van der Waals surface area contributed by atoms with Gasteiger partial charge in [0.25, 0.3) is 0 Å². The molecule has 5 aromatic rings. The summed E-state index contributed by atoms with van der Waals surface area (Å²) < 4.78 is 19.1. The quantitative estimate of drug-likeness (QED) is 0.262. The van der Waals surface area contributed by atoms with E-state index in [2.05, 4.69) is 105 Å². The van der Waals surface area contributed by atoms with Crippen molar-refractivity contribution in [2.45, 2.75) is 38.9 Å². The molecule has 2 heterocycles. The van der Waals surface area contributed by atoms with Crippen LogP contribution in [0.5, 0.6) is 0 Å². The Morgan fingerprint density at radius 2 is 1.26 bits per heavy atom. The minimum absolute atomic E-state index is 0.396. The lowest BCUT2D eigenvalue weighted by atomic mass is 9.79. The molecule has 0 atom stereocenters. The van der Waals surface area contributed by atoms with E-state index in [4.69, 9.17) is 13.7 Å². The van der Waals surface area contributed by atoms with Gasteiger partial charge in [-0.25, -0.2) is 0 Å². The van der Waals surface area contributed by atoms with Crippen molar-refractivity contribution in [1.82, 2.24) is 0 Å². The fraction of sp³-hybridized carbons (Fsp3) is 0.200. The van der Waals surface area contributed by atoms with Crippen molar-refractivity contribution >= 4 is 51.6 Å². The lowest BCUT2D eigenvalue weighted by Crippen LogP contribution is -2.41. The number of para-hydroxylation sites is 3. The van der Waals surface area contributed by atoms with E-state index in [-0.39, 0.29) is 0 Å². The summed E-state index contributed by atoms with van der Waals surface area (Å²) in [5.74, 6) is 0. The van der Waals surface area contributed by atoms with Gasteiger partial charge in [0.1, 0.15) is 5.58 Å². The number of hydrogen-bond acceptors (Lipinski definition) is 4. The van der Waals surface area contributed by atoms with Crippen LogP contribution in [0.25, 0.3) is 21.9 Å². The van der Waals surface area contributed by atoms with Gasteiger partial charge in [-0.2, -0.15) is 0 Å². The average molecular weight is 461 g/mol. The summed E-state index contributed by atoms with van der Waals surface area (Å²) in [6.45, 7) is 8.32. The molecular formula is C30H28BNO3. The zero-order valence-electron chi connectivity index (χ0n) is 20.5. The Kier molecular flexibility index (Phi) is 5.03. The van der Waals surface area contributed by atoms with Crippen molar-refractivity contribution < 1.29 is 13.7 Å². The summed E-state index contributed by atoms with van der Waals surface area (Å²) in [6.07, 6.45) is 0. The van der Waals surface area contributed by atoms with Gasteiger partial charge < -0.3 is 18.6 Å². The first-order valence-corrected chi connectivity index (χ1v) is 12.1. The van der Waals surface area contributed by atoms with Gasteiger partial charge in [0.05, 0.1) is 16.9 Å². The van der Waals surface area contributed by atoms with Crippen LogP contribution in [0, 0.1) is 0 Å². The highest BCUT2D eigenvalue weighted by atomic mass is 16.7. The summed E-state index contributed by atoms with van der Waals surface area (Å²) in [4.78, 5) is 2.24. The van der Waals surface area contributed by atoms with Crippen LogP contribution in [0.4, 0.5) is 17.1 Å². The molecule has 0 radical (unpaired) electrons. The number of furan rings is 1. The van der Waals surface area contributed by atoms with Crippen molar-refractivity contribution in [3.05, 3.63) is 97.1 Å². The van der Waals surface area contributed by atoms with E-state index in [1.807, 2.05) is 24.3 Å². The van der Waals surface area contributed by atoms with Gasteiger partial charge in [0.2, 0.25) is 0 Å². The molecular weight excluding hydrogens is 433 g/mol. The van der Waals surface area contributed by atoms with E-state index in [0.29, 0.717) is 0 Å². The van der Waals surface area contributed by atoms with Gasteiger partial charge >= 0.3 is 7.12 Å². The lowest BCUT2D eigenvalue weighted by molar-refractivity contribution is 0.00578. The van der Waals surface area contributed by atoms with Crippen molar-refractivity contribution in [3.8, 4) is 0 Å². The van der Waals surface area contributed by atoms with E-state index in [1.54, 1.807) is 0 Å². The number of rotatable bonds is 4. The monoisotopic (exact) mass is 461 g/mol. The molecule has 0 aliphatic carbocycles. The van der Waals surface area contributed by atoms with Crippen molar-refractivity contribution in [3.63, 3.8) is 0 Å². The molecule has 0 spiro atoms. The first kappa shape index (κ1) is 22.0. The van der Waals surface area contributed by atoms with Gasteiger partial charge in [0.15, 0.2) is 5.58 Å². The summed E-state index contributed by atoms with van der Waals surface area (Å²) >= 11 is 0.